The Morgan fingerprint density at radius 1 is 1.17 bits per heavy atom. The van der Waals surface area contributed by atoms with Crippen molar-refractivity contribution < 1.29 is 24.0 Å². The van der Waals surface area contributed by atoms with Gasteiger partial charge in [-0.05, 0) is 31.5 Å². The lowest BCUT2D eigenvalue weighted by Gasteiger charge is -2.15. The number of aromatic amines is 1. The van der Waals surface area contributed by atoms with Gasteiger partial charge in [0, 0.05) is 31.8 Å². The number of ether oxygens (including phenoxy) is 2. The standard InChI is InChI=1S/C20H22N4O6/c1-5-29-19(25)16(20(26)30-6-2)17-15(14(11-21)18(22-17)23(3)4)12-7-9-13(10-8-12)24(27)28/h7-10,16,22H,5-6H2,1-4H3. The third kappa shape index (κ3) is 4.41. The largest absolute Gasteiger partial charge is 0.465 e. The fraction of sp³-hybridized carbons (Fsp3) is 0.350. The van der Waals surface area contributed by atoms with Gasteiger partial charge in [-0.1, -0.05) is 0 Å². The zero-order valence-electron chi connectivity index (χ0n) is 17.1. The third-order valence-corrected chi connectivity index (χ3v) is 4.27. The van der Waals surface area contributed by atoms with Crippen LogP contribution in [-0.4, -0.2) is 49.2 Å². The van der Waals surface area contributed by atoms with Crippen LogP contribution < -0.4 is 4.90 Å². The molecule has 0 aliphatic rings. The van der Waals surface area contributed by atoms with E-state index in [1.807, 2.05) is 0 Å². The molecule has 158 valence electrons. The zero-order valence-corrected chi connectivity index (χ0v) is 17.1. The maximum Gasteiger partial charge on any atom is 0.326 e. The molecule has 10 heteroatoms. The van der Waals surface area contributed by atoms with Crippen molar-refractivity contribution in [3.63, 3.8) is 0 Å². The molecular formula is C20H22N4O6. The summed E-state index contributed by atoms with van der Waals surface area (Å²) in [4.78, 5) is 40.3. The van der Waals surface area contributed by atoms with E-state index >= 15 is 0 Å². The van der Waals surface area contributed by atoms with Crippen molar-refractivity contribution in [3.05, 3.63) is 45.6 Å². The van der Waals surface area contributed by atoms with Gasteiger partial charge in [-0.25, -0.2) is 0 Å². The Labute approximate surface area is 173 Å². The van der Waals surface area contributed by atoms with Crippen molar-refractivity contribution in [2.75, 3.05) is 32.2 Å². The highest BCUT2D eigenvalue weighted by molar-refractivity contribution is 6.03. The molecule has 0 atom stereocenters. The van der Waals surface area contributed by atoms with E-state index in [1.54, 1.807) is 32.8 Å². The average molecular weight is 414 g/mol. The average Bonchev–Trinajstić information content (AvgIpc) is 3.08. The summed E-state index contributed by atoms with van der Waals surface area (Å²) in [5.74, 6) is -2.72. The van der Waals surface area contributed by atoms with Crippen LogP contribution in [0.4, 0.5) is 11.5 Å². The minimum absolute atomic E-state index is 0.0496. The number of aromatic nitrogens is 1. The lowest BCUT2D eigenvalue weighted by atomic mass is 9.94. The minimum Gasteiger partial charge on any atom is -0.465 e. The third-order valence-electron chi connectivity index (χ3n) is 4.27. The van der Waals surface area contributed by atoms with Crippen LogP contribution in [0.5, 0.6) is 0 Å². The van der Waals surface area contributed by atoms with Crippen molar-refractivity contribution in [1.29, 1.82) is 5.26 Å². The summed E-state index contributed by atoms with van der Waals surface area (Å²) in [5.41, 5.74) is 0.885. The molecule has 30 heavy (non-hydrogen) atoms. The molecule has 0 unspecified atom stereocenters. The smallest absolute Gasteiger partial charge is 0.326 e. The molecule has 1 N–H and O–H groups in total. The number of esters is 2. The van der Waals surface area contributed by atoms with Crippen molar-refractivity contribution in [1.82, 2.24) is 4.98 Å². The summed E-state index contributed by atoms with van der Waals surface area (Å²) in [5, 5.41) is 20.8. The molecule has 2 aromatic rings. The lowest BCUT2D eigenvalue weighted by Crippen LogP contribution is -2.27. The number of H-pyrrole nitrogens is 1. The highest BCUT2D eigenvalue weighted by Gasteiger charge is 2.37. The Hall–Kier alpha value is -3.87. The van der Waals surface area contributed by atoms with Crippen molar-refractivity contribution in [3.8, 4) is 17.2 Å². The van der Waals surface area contributed by atoms with Gasteiger partial charge in [0.25, 0.3) is 5.69 Å². The molecule has 2 rings (SSSR count). The number of nitro groups is 1. The minimum atomic E-state index is -1.45. The van der Waals surface area contributed by atoms with Gasteiger partial charge in [0.05, 0.1) is 23.8 Å². The molecule has 0 saturated carbocycles. The number of anilines is 1. The van der Waals surface area contributed by atoms with E-state index in [4.69, 9.17) is 9.47 Å². The molecule has 10 nitrogen and oxygen atoms in total. The molecule has 1 heterocycles. The maximum absolute atomic E-state index is 12.6. The van der Waals surface area contributed by atoms with Crippen molar-refractivity contribution in [2.45, 2.75) is 19.8 Å². The Bertz CT molecular complexity index is 970. The number of benzene rings is 1. The van der Waals surface area contributed by atoms with E-state index in [0.717, 1.165) is 0 Å². The predicted molar refractivity (Wildman–Crippen MR) is 108 cm³/mol. The van der Waals surface area contributed by atoms with Crippen LogP contribution in [0.25, 0.3) is 11.1 Å². The van der Waals surface area contributed by atoms with Gasteiger partial charge in [0.15, 0.2) is 5.92 Å². The van der Waals surface area contributed by atoms with Crippen LogP contribution in [0.3, 0.4) is 0 Å². The number of nitriles is 1. The predicted octanol–water partition coefficient (Wildman–Crippen LogP) is 2.74. The van der Waals surface area contributed by atoms with Gasteiger partial charge in [-0.2, -0.15) is 5.26 Å². The molecule has 0 spiro atoms. The summed E-state index contributed by atoms with van der Waals surface area (Å²) in [6.45, 7) is 3.32. The van der Waals surface area contributed by atoms with E-state index in [9.17, 15) is 25.0 Å². The summed E-state index contributed by atoms with van der Waals surface area (Å²) in [6, 6.07) is 7.57. The number of nitro benzene ring substituents is 1. The van der Waals surface area contributed by atoms with E-state index in [1.165, 1.54) is 24.3 Å². The van der Waals surface area contributed by atoms with Crippen LogP contribution in [0.1, 0.15) is 31.0 Å². The number of non-ortho nitro benzene ring substituents is 1. The second-order valence-corrected chi connectivity index (χ2v) is 6.38. The fourth-order valence-electron chi connectivity index (χ4n) is 3.00. The van der Waals surface area contributed by atoms with Gasteiger partial charge in [0.2, 0.25) is 0 Å². The van der Waals surface area contributed by atoms with Gasteiger partial charge < -0.3 is 19.4 Å². The number of hydrogen-bond acceptors (Lipinski definition) is 8. The number of nitrogens with one attached hydrogen (secondary N) is 1. The summed E-state index contributed by atoms with van der Waals surface area (Å²) in [7, 11) is 3.39. The second kappa shape index (κ2) is 9.56. The first-order chi connectivity index (χ1) is 14.3. The Morgan fingerprint density at radius 3 is 2.10 bits per heavy atom. The SMILES string of the molecule is CCOC(=O)C(C(=O)OCC)c1[nH]c(N(C)C)c(C#N)c1-c1ccc([N+](=O)[O-])cc1. The number of carbonyl (C=O) groups is 2. The zero-order chi connectivity index (χ0) is 22.4. The van der Waals surface area contributed by atoms with Crippen LogP contribution in [0.2, 0.25) is 0 Å². The topological polar surface area (TPSA) is 139 Å². The van der Waals surface area contributed by atoms with Gasteiger partial charge in [-0.3, -0.25) is 19.7 Å². The maximum atomic E-state index is 12.6. The van der Waals surface area contributed by atoms with Crippen molar-refractivity contribution >= 4 is 23.4 Å². The first-order valence-electron chi connectivity index (χ1n) is 9.18. The second-order valence-electron chi connectivity index (χ2n) is 6.38. The lowest BCUT2D eigenvalue weighted by molar-refractivity contribution is -0.384. The molecule has 0 aliphatic heterocycles. The highest BCUT2D eigenvalue weighted by Crippen LogP contribution is 2.39. The quantitative estimate of drug-likeness (QED) is 0.301. The summed E-state index contributed by atoms with van der Waals surface area (Å²) >= 11 is 0. The van der Waals surface area contributed by atoms with Gasteiger partial charge in [-0.15, -0.1) is 0 Å². The van der Waals surface area contributed by atoms with Gasteiger partial charge >= 0.3 is 11.9 Å². The molecule has 0 bridgehead atoms. The number of rotatable bonds is 8. The van der Waals surface area contributed by atoms with Crippen LogP contribution in [0, 0.1) is 21.4 Å². The molecule has 0 amide bonds. The van der Waals surface area contributed by atoms with E-state index in [0.29, 0.717) is 11.4 Å². The molecule has 0 fully saturated rings. The van der Waals surface area contributed by atoms with E-state index in [-0.39, 0.29) is 35.7 Å². The van der Waals surface area contributed by atoms with E-state index < -0.39 is 22.8 Å². The summed E-state index contributed by atoms with van der Waals surface area (Å²) < 4.78 is 10.1. The first kappa shape index (κ1) is 22.4. The molecule has 0 saturated heterocycles. The van der Waals surface area contributed by atoms with Gasteiger partial charge in [0.1, 0.15) is 17.5 Å². The van der Waals surface area contributed by atoms with Crippen molar-refractivity contribution in [2.24, 2.45) is 0 Å². The van der Waals surface area contributed by atoms with Crippen LogP contribution in [0.15, 0.2) is 24.3 Å². The normalized spacial score (nSPS) is 10.4. The van der Waals surface area contributed by atoms with Crippen LogP contribution >= 0.6 is 0 Å². The molecule has 1 aromatic heterocycles. The number of hydrogen-bond donors (Lipinski definition) is 1. The number of nitrogens with zero attached hydrogens (tertiary/aromatic N) is 3. The Balaban J connectivity index is 2.79. The Kier molecular flexibility index (Phi) is 7.14. The molecule has 0 aliphatic carbocycles. The molecular weight excluding hydrogens is 392 g/mol. The van der Waals surface area contributed by atoms with Crippen LogP contribution in [-0.2, 0) is 19.1 Å². The molecule has 1 aromatic carbocycles. The first-order valence-corrected chi connectivity index (χ1v) is 9.18. The number of carbonyl (C=O) groups excluding carboxylic acids is 2. The fourth-order valence-corrected chi connectivity index (χ4v) is 3.00. The highest BCUT2D eigenvalue weighted by atomic mass is 16.6. The Morgan fingerprint density at radius 2 is 1.70 bits per heavy atom. The monoisotopic (exact) mass is 414 g/mol. The summed E-state index contributed by atoms with van der Waals surface area (Å²) in [6.07, 6.45) is 0. The molecule has 0 radical (unpaired) electrons. The van der Waals surface area contributed by atoms with E-state index in [2.05, 4.69) is 11.1 Å².